The lowest BCUT2D eigenvalue weighted by atomic mass is 9.71. The zero-order valence-electron chi connectivity index (χ0n) is 19.0. The van der Waals surface area contributed by atoms with Crippen molar-refractivity contribution in [2.24, 2.45) is 0 Å². The van der Waals surface area contributed by atoms with Crippen molar-refractivity contribution in [2.75, 3.05) is 34.0 Å². The molecule has 0 saturated carbocycles. The van der Waals surface area contributed by atoms with Crippen molar-refractivity contribution in [1.82, 2.24) is 4.90 Å². The van der Waals surface area contributed by atoms with Crippen molar-refractivity contribution in [3.63, 3.8) is 0 Å². The molecule has 0 N–H and O–H groups in total. The quantitative estimate of drug-likeness (QED) is 0.583. The van der Waals surface area contributed by atoms with Gasteiger partial charge in [0.05, 0.1) is 25.3 Å². The molecule has 0 atom stereocenters. The van der Waals surface area contributed by atoms with Crippen molar-refractivity contribution in [3.8, 4) is 11.5 Å². The Labute approximate surface area is 194 Å². The summed E-state index contributed by atoms with van der Waals surface area (Å²) in [5.74, 6) is 0.764. The van der Waals surface area contributed by atoms with Crippen LogP contribution in [0.3, 0.4) is 0 Å². The highest BCUT2D eigenvalue weighted by molar-refractivity contribution is 6.32. The molecular weight excluding hydrogens is 430 g/mol. The third-order valence-electron chi connectivity index (χ3n) is 6.48. The Morgan fingerprint density at radius 2 is 1.62 bits per heavy atom. The van der Waals surface area contributed by atoms with Gasteiger partial charge < -0.3 is 19.1 Å². The van der Waals surface area contributed by atoms with Gasteiger partial charge >= 0.3 is 0 Å². The van der Waals surface area contributed by atoms with Gasteiger partial charge in [-0.2, -0.15) is 0 Å². The van der Waals surface area contributed by atoms with E-state index in [1.54, 1.807) is 14.2 Å². The first kappa shape index (κ1) is 22.9. The SMILES string of the molecule is CCOc1c(Cl)cc(C2C3=C(CCCC3=O)N(CCOC)C3=C2C(=O)CCC3)cc1OC. The van der Waals surface area contributed by atoms with Crippen molar-refractivity contribution in [3.05, 3.63) is 45.3 Å². The van der Waals surface area contributed by atoms with E-state index in [1.165, 1.54) is 0 Å². The molecule has 3 aliphatic rings. The molecule has 172 valence electrons. The number of allylic oxidation sites excluding steroid dienone is 4. The lowest BCUT2D eigenvalue weighted by Crippen LogP contribution is -2.40. The number of Topliss-reactive ketones (excluding diaryl/α,β-unsaturated/α-hetero) is 2. The summed E-state index contributed by atoms with van der Waals surface area (Å²) in [4.78, 5) is 28.8. The molecule has 0 aromatic heterocycles. The standard InChI is InChI=1S/C25H30ClNO5/c1-4-32-25-16(26)13-15(14-21(25)31-3)22-23-17(7-5-9-19(23)28)27(11-12-30-2)18-8-6-10-20(29)24(18)22/h13-14,22H,4-12H2,1-3H3. The van der Waals surface area contributed by atoms with Crippen LogP contribution in [0.1, 0.15) is 56.9 Å². The van der Waals surface area contributed by atoms with E-state index in [2.05, 4.69) is 4.90 Å². The molecule has 0 radical (unpaired) electrons. The van der Waals surface area contributed by atoms with E-state index in [1.807, 2.05) is 19.1 Å². The minimum atomic E-state index is -0.429. The van der Waals surface area contributed by atoms with Gasteiger partial charge in [-0.15, -0.1) is 0 Å². The molecule has 32 heavy (non-hydrogen) atoms. The maximum Gasteiger partial charge on any atom is 0.179 e. The Bertz CT molecular complexity index is 952. The number of carbonyl (C=O) groups excluding carboxylic acids is 2. The van der Waals surface area contributed by atoms with E-state index in [-0.39, 0.29) is 11.6 Å². The Hall–Kier alpha value is -2.31. The number of ketones is 2. The number of halogens is 1. The number of rotatable bonds is 7. The van der Waals surface area contributed by atoms with Crippen LogP contribution in [0.25, 0.3) is 0 Å². The fraction of sp³-hybridized carbons (Fsp3) is 0.520. The van der Waals surface area contributed by atoms with E-state index < -0.39 is 5.92 Å². The lowest BCUT2D eigenvalue weighted by Gasteiger charge is -2.44. The Morgan fingerprint density at radius 1 is 1.00 bits per heavy atom. The summed E-state index contributed by atoms with van der Waals surface area (Å²) >= 11 is 6.60. The van der Waals surface area contributed by atoms with E-state index in [0.717, 1.165) is 53.8 Å². The van der Waals surface area contributed by atoms with Gasteiger partial charge in [0.1, 0.15) is 0 Å². The van der Waals surface area contributed by atoms with E-state index >= 15 is 0 Å². The molecule has 0 spiro atoms. The third-order valence-corrected chi connectivity index (χ3v) is 6.76. The summed E-state index contributed by atoms with van der Waals surface area (Å²) < 4.78 is 16.6. The summed E-state index contributed by atoms with van der Waals surface area (Å²) in [5, 5.41) is 0.416. The molecule has 0 unspecified atom stereocenters. The van der Waals surface area contributed by atoms with Crippen LogP contribution in [-0.4, -0.2) is 50.4 Å². The highest BCUT2D eigenvalue weighted by Crippen LogP contribution is 2.51. The summed E-state index contributed by atoms with van der Waals surface area (Å²) in [6.45, 7) is 3.50. The molecule has 4 rings (SSSR count). The van der Waals surface area contributed by atoms with Crippen molar-refractivity contribution in [1.29, 1.82) is 0 Å². The maximum absolute atomic E-state index is 13.3. The van der Waals surface area contributed by atoms with Gasteiger partial charge in [-0.1, -0.05) is 11.6 Å². The zero-order valence-corrected chi connectivity index (χ0v) is 19.7. The molecule has 7 heteroatoms. The van der Waals surface area contributed by atoms with Crippen LogP contribution in [0.2, 0.25) is 5.02 Å². The smallest absolute Gasteiger partial charge is 0.179 e. The van der Waals surface area contributed by atoms with Crippen LogP contribution in [0.15, 0.2) is 34.7 Å². The largest absolute Gasteiger partial charge is 0.493 e. The molecule has 1 aromatic rings. The number of hydrogen-bond donors (Lipinski definition) is 0. The number of nitrogens with zero attached hydrogens (tertiary/aromatic N) is 1. The number of methoxy groups -OCH3 is 2. The van der Waals surface area contributed by atoms with E-state index in [9.17, 15) is 9.59 Å². The Morgan fingerprint density at radius 3 is 2.16 bits per heavy atom. The van der Waals surface area contributed by atoms with Gasteiger partial charge in [-0.05, 0) is 50.3 Å². The zero-order chi connectivity index (χ0) is 22.8. The van der Waals surface area contributed by atoms with Crippen LogP contribution in [0, 0.1) is 0 Å². The first-order valence-corrected chi connectivity index (χ1v) is 11.7. The molecular formula is C25H30ClNO5. The Balaban J connectivity index is 1.93. The van der Waals surface area contributed by atoms with Crippen molar-refractivity contribution >= 4 is 23.2 Å². The fourth-order valence-electron chi connectivity index (χ4n) is 5.19. The maximum atomic E-state index is 13.3. The van der Waals surface area contributed by atoms with Crippen LogP contribution in [0.5, 0.6) is 11.5 Å². The van der Waals surface area contributed by atoms with Gasteiger partial charge in [-0.25, -0.2) is 0 Å². The number of hydrogen-bond acceptors (Lipinski definition) is 6. The Kier molecular flexibility index (Phi) is 6.91. The molecule has 1 aliphatic heterocycles. The van der Waals surface area contributed by atoms with Crippen LogP contribution >= 0.6 is 11.6 Å². The molecule has 0 fully saturated rings. The molecule has 0 bridgehead atoms. The summed E-state index contributed by atoms with van der Waals surface area (Å²) in [7, 11) is 3.24. The van der Waals surface area contributed by atoms with E-state index in [0.29, 0.717) is 49.1 Å². The van der Waals surface area contributed by atoms with Gasteiger partial charge in [0.2, 0.25) is 0 Å². The van der Waals surface area contributed by atoms with Gasteiger partial charge in [0.15, 0.2) is 23.1 Å². The highest BCUT2D eigenvalue weighted by Gasteiger charge is 2.43. The topological polar surface area (TPSA) is 65.1 Å². The second kappa shape index (κ2) is 9.67. The summed E-state index contributed by atoms with van der Waals surface area (Å²) in [6.07, 6.45) is 4.25. The molecule has 0 saturated heterocycles. The van der Waals surface area contributed by atoms with Gasteiger partial charge in [0.25, 0.3) is 0 Å². The second-order valence-corrected chi connectivity index (χ2v) is 8.73. The molecule has 2 aliphatic carbocycles. The summed E-state index contributed by atoms with van der Waals surface area (Å²) in [6, 6.07) is 3.69. The number of ether oxygens (including phenoxy) is 3. The van der Waals surface area contributed by atoms with Crippen LogP contribution in [-0.2, 0) is 14.3 Å². The first-order chi connectivity index (χ1) is 15.5. The third kappa shape index (κ3) is 3.95. The minimum absolute atomic E-state index is 0.104. The first-order valence-electron chi connectivity index (χ1n) is 11.3. The monoisotopic (exact) mass is 459 g/mol. The predicted octanol–water partition coefficient (Wildman–Crippen LogP) is 4.81. The molecule has 1 heterocycles. The second-order valence-electron chi connectivity index (χ2n) is 8.32. The average Bonchev–Trinajstić information content (AvgIpc) is 2.78. The minimum Gasteiger partial charge on any atom is -0.493 e. The lowest BCUT2D eigenvalue weighted by molar-refractivity contribution is -0.117. The average molecular weight is 460 g/mol. The predicted molar refractivity (Wildman–Crippen MR) is 122 cm³/mol. The van der Waals surface area contributed by atoms with Crippen molar-refractivity contribution in [2.45, 2.75) is 51.4 Å². The normalized spacial score (nSPS) is 19.3. The summed E-state index contributed by atoms with van der Waals surface area (Å²) in [5.41, 5.74) is 4.31. The van der Waals surface area contributed by atoms with Gasteiger partial charge in [0, 0.05) is 55.0 Å². The highest BCUT2D eigenvalue weighted by atomic mass is 35.5. The number of carbonyl (C=O) groups is 2. The molecule has 1 aromatic carbocycles. The van der Waals surface area contributed by atoms with Crippen LogP contribution in [0.4, 0.5) is 0 Å². The molecule has 6 nitrogen and oxygen atoms in total. The molecule has 0 amide bonds. The van der Waals surface area contributed by atoms with E-state index in [4.69, 9.17) is 25.8 Å². The van der Waals surface area contributed by atoms with Crippen molar-refractivity contribution < 1.29 is 23.8 Å². The van der Waals surface area contributed by atoms with Gasteiger partial charge in [-0.3, -0.25) is 9.59 Å². The number of benzene rings is 1. The fourth-order valence-corrected chi connectivity index (χ4v) is 5.47. The van der Waals surface area contributed by atoms with Crippen LogP contribution < -0.4 is 9.47 Å².